The smallest absolute Gasteiger partial charge is 0.222 e. The van der Waals surface area contributed by atoms with Crippen LogP contribution in [0.4, 0.5) is 5.95 Å². The summed E-state index contributed by atoms with van der Waals surface area (Å²) in [7, 11) is 0. The maximum absolute atomic E-state index is 4.37. The molecule has 1 heterocycles. The standard InChI is InChI=1S/C17H26N4/c1-2-18-16-19-9-15(10-20-16)11-21-17-6-12-3-13(7-17)5-14(4-12)8-17/h9-10,12-14,21H,2-8,11H2,1H3,(H,18,19,20). The van der Waals surface area contributed by atoms with Gasteiger partial charge in [-0.1, -0.05) is 0 Å². The molecule has 0 amide bonds. The van der Waals surface area contributed by atoms with Crippen LogP contribution in [-0.2, 0) is 6.54 Å². The Kier molecular flexibility index (Phi) is 3.37. The summed E-state index contributed by atoms with van der Waals surface area (Å²) in [5.41, 5.74) is 1.63. The van der Waals surface area contributed by atoms with Gasteiger partial charge in [-0.25, -0.2) is 9.97 Å². The maximum Gasteiger partial charge on any atom is 0.222 e. The molecule has 0 spiro atoms. The molecular formula is C17H26N4. The minimum Gasteiger partial charge on any atom is -0.355 e. The molecule has 4 aliphatic rings. The van der Waals surface area contributed by atoms with Crippen LogP contribution in [-0.4, -0.2) is 22.1 Å². The predicted octanol–water partition coefficient (Wildman–Crippen LogP) is 2.97. The highest BCUT2D eigenvalue weighted by Crippen LogP contribution is 2.55. The second-order valence-corrected chi connectivity index (χ2v) is 7.50. The van der Waals surface area contributed by atoms with E-state index in [1.54, 1.807) is 0 Å². The molecular weight excluding hydrogens is 260 g/mol. The van der Waals surface area contributed by atoms with Crippen LogP contribution < -0.4 is 10.6 Å². The molecule has 4 heteroatoms. The Morgan fingerprint density at radius 3 is 2.14 bits per heavy atom. The van der Waals surface area contributed by atoms with E-state index in [-0.39, 0.29) is 0 Å². The third-order valence-electron chi connectivity index (χ3n) is 5.75. The van der Waals surface area contributed by atoms with Crippen molar-refractivity contribution in [2.75, 3.05) is 11.9 Å². The highest BCUT2D eigenvalue weighted by atomic mass is 15.1. The van der Waals surface area contributed by atoms with Crippen molar-refractivity contribution in [2.24, 2.45) is 17.8 Å². The van der Waals surface area contributed by atoms with Crippen molar-refractivity contribution >= 4 is 5.95 Å². The fourth-order valence-corrected chi connectivity index (χ4v) is 5.31. The number of hydrogen-bond acceptors (Lipinski definition) is 4. The van der Waals surface area contributed by atoms with Gasteiger partial charge in [0.2, 0.25) is 5.95 Å². The molecule has 1 aromatic heterocycles. The van der Waals surface area contributed by atoms with E-state index in [1.165, 1.54) is 44.1 Å². The topological polar surface area (TPSA) is 49.8 Å². The number of nitrogens with one attached hydrogen (secondary N) is 2. The van der Waals surface area contributed by atoms with Crippen molar-refractivity contribution in [3.8, 4) is 0 Å². The van der Waals surface area contributed by atoms with Crippen molar-refractivity contribution in [1.29, 1.82) is 0 Å². The summed E-state index contributed by atoms with van der Waals surface area (Å²) in [6.45, 7) is 3.84. The normalized spacial score (nSPS) is 36.9. The van der Waals surface area contributed by atoms with Gasteiger partial charge in [0.1, 0.15) is 0 Å². The van der Waals surface area contributed by atoms with Crippen LogP contribution >= 0.6 is 0 Å². The van der Waals surface area contributed by atoms with Gasteiger partial charge in [-0.3, -0.25) is 0 Å². The molecule has 0 unspecified atom stereocenters. The monoisotopic (exact) mass is 286 g/mol. The Morgan fingerprint density at radius 2 is 1.62 bits per heavy atom. The van der Waals surface area contributed by atoms with Crippen LogP contribution in [0.3, 0.4) is 0 Å². The van der Waals surface area contributed by atoms with Crippen molar-refractivity contribution in [1.82, 2.24) is 15.3 Å². The van der Waals surface area contributed by atoms with Crippen LogP contribution in [0.1, 0.15) is 51.0 Å². The van der Waals surface area contributed by atoms with Crippen molar-refractivity contribution in [3.05, 3.63) is 18.0 Å². The first-order valence-electron chi connectivity index (χ1n) is 8.54. The molecule has 4 saturated carbocycles. The highest BCUT2D eigenvalue weighted by molar-refractivity contribution is 5.24. The van der Waals surface area contributed by atoms with Gasteiger partial charge in [0, 0.05) is 36.6 Å². The van der Waals surface area contributed by atoms with E-state index in [9.17, 15) is 0 Å². The molecule has 2 N–H and O–H groups in total. The lowest BCUT2D eigenvalue weighted by atomic mass is 9.53. The quantitative estimate of drug-likeness (QED) is 0.873. The highest BCUT2D eigenvalue weighted by Gasteiger charge is 2.50. The van der Waals surface area contributed by atoms with Crippen molar-refractivity contribution in [3.63, 3.8) is 0 Å². The third kappa shape index (κ3) is 2.66. The van der Waals surface area contributed by atoms with Gasteiger partial charge in [-0.2, -0.15) is 0 Å². The number of anilines is 1. The van der Waals surface area contributed by atoms with Gasteiger partial charge >= 0.3 is 0 Å². The van der Waals surface area contributed by atoms with Gasteiger partial charge in [0.15, 0.2) is 0 Å². The zero-order valence-corrected chi connectivity index (χ0v) is 12.9. The Bertz CT molecular complexity index is 461. The number of hydrogen-bond donors (Lipinski definition) is 2. The molecule has 1 aromatic rings. The fourth-order valence-electron chi connectivity index (χ4n) is 5.31. The van der Waals surface area contributed by atoms with E-state index in [1.807, 2.05) is 12.4 Å². The van der Waals surface area contributed by atoms with Gasteiger partial charge in [-0.05, 0) is 63.2 Å². The molecule has 21 heavy (non-hydrogen) atoms. The summed E-state index contributed by atoms with van der Waals surface area (Å²) < 4.78 is 0. The molecule has 4 aliphatic carbocycles. The zero-order chi connectivity index (χ0) is 14.3. The fraction of sp³-hybridized carbons (Fsp3) is 0.765. The van der Waals surface area contributed by atoms with Crippen LogP contribution in [0.5, 0.6) is 0 Å². The minimum absolute atomic E-state index is 0.426. The van der Waals surface area contributed by atoms with Gasteiger partial charge in [0.05, 0.1) is 0 Å². The first-order chi connectivity index (χ1) is 10.2. The van der Waals surface area contributed by atoms with Crippen LogP contribution in [0.15, 0.2) is 12.4 Å². The Labute approximate surface area is 127 Å². The maximum atomic E-state index is 4.37. The van der Waals surface area contributed by atoms with E-state index in [0.29, 0.717) is 5.54 Å². The van der Waals surface area contributed by atoms with Gasteiger partial charge < -0.3 is 10.6 Å². The molecule has 4 bridgehead atoms. The SMILES string of the molecule is CCNc1ncc(CNC23CC4CC(CC(C4)C2)C3)cn1. The molecule has 4 nitrogen and oxygen atoms in total. The van der Waals surface area contributed by atoms with E-state index in [4.69, 9.17) is 0 Å². The average molecular weight is 286 g/mol. The summed E-state index contributed by atoms with van der Waals surface area (Å²) in [5.74, 6) is 3.72. The first kappa shape index (κ1) is 13.5. The average Bonchev–Trinajstić information content (AvgIpc) is 2.46. The van der Waals surface area contributed by atoms with Gasteiger partial charge in [0.25, 0.3) is 0 Å². The summed E-state index contributed by atoms with van der Waals surface area (Å²) >= 11 is 0. The molecule has 4 fully saturated rings. The van der Waals surface area contributed by atoms with E-state index in [2.05, 4.69) is 27.5 Å². The molecule has 0 aliphatic heterocycles. The second kappa shape index (κ2) is 5.24. The molecule has 5 rings (SSSR count). The van der Waals surface area contributed by atoms with Crippen LogP contribution in [0.25, 0.3) is 0 Å². The van der Waals surface area contributed by atoms with E-state index < -0.39 is 0 Å². The van der Waals surface area contributed by atoms with Gasteiger partial charge in [-0.15, -0.1) is 0 Å². The summed E-state index contributed by atoms with van der Waals surface area (Å²) in [6, 6.07) is 0. The lowest BCUT2D eigenvalue weighted by Gasteiger charge is -2.57. The Hall–Kier alpha value is -1.16. The molecule has 0 aromatic carbocycles. The number of aromatic nitrogens is 2. The molecule has 0 saturated heterocycles. The summed E-state index contributed by atoms with van der Waals surface area (Å²) in [6.07, 6.45) is 12.6. The molecule has 114 valence electrons. The Morgan fingerprint density at radius 1 is 1.05 bits per heavy atom. The number of rotatable bonds is 5. The molecule has 0 atom stereocenters. The second-order valence-electron chi connectivity index (χ2n) is 7.50. The predicted molar refractivity (Wildman–Crippen MR) is 83.9 cm³/mol. The third-order valence-corrected chi connectivity index (χ3v) is 5.75. The Balaban J connectivity index is 1.40. The summed E-state index contributed by atoms with van der Waals surface area (Å²) in [4.78, 5) is 8.74. The lowest BCUT2D eigenvalue weighted by Crippen LogP contribution is -2.58. The molecule has 0 radical (unpaired) electrons. The van der Waals surface area contributed by atoms with E-state index in [0.717, 1.165) is 36.8 Å². The number of nitrogens with zero attached hydrogens (tertiary/aromatic N) is 2. The van der Waals surface area contributed by atoms with E-state index >= 15 is 0 Å². The first-order valence-corrected chi connectivity index (χ1v) is 8.54. The largest absolute Gasteiger partial charge is 0.355 e. The van der Waals surface area contributed by atoms with Crippen LogP contribution in [0, 0.1) is 17.8 Å². The van der Waals surface area contributed by atoms with Crippen molar-refractivity contribution < 1.29 is 0 Å². The minimum atomic E-state index is 0.426. The van der Waals surface area contributed by atoms with Crippen LogP contribution in [0.2, 0.25) is 0 Å². The van der Waals surface area contributed by atoms with Crippen molar-refractivity contribution in [2.45, 2.75) is 57.5 Å². The summed E-state index contributed by atoms with van der Waals surface area (Å²) in [5, 5.41) is 7.04. The zero-order valence-electron chi connectivity index (χ0n) is 12.9. The lowest BCUT2D eigenvalue weighted by molar-refractivity contribution is -0.0206.